The highest BCUT2D eigenvalue weighted by atomic mass is 35.5. The first-order valence-corrected chi connectivity index (χ1v) is 7.46. The molecular weight excluding hydrogens is 274 g/mol. The van der Waals surface area contributed by atoms with Crippen molar-refractivity contribution in [2.45, 2.75) is 37.3 Å². The molecular formula is C16H20ClNO2. The summed E-state index contributed by atoms with van der Waals surface area (Å²) in [6.07, 6.45) is 3.66. The van der Waals surface area contributed by atoms with Gasteiger partial charge in [0, 0.05) is 5.39 Å². The number of aliphatic hydroxyl groups excluding tert-OH is 1. The molecule has 0 aliphatic heterocycles. The van der Waals surface area contributed by atoms with Crippen molar-refractivity contribution in [1.82, 2.24) is 4.90 Å². The minimum atomic E-state index is -0.622. The summed E-state index contributed by atoms with van der Waals surface area (Å²) in [6.45, 7) is 0. The molecule has 0 saturated heterocycles. The number of fused-ring (bicyclic) bond motifs is 1. The Kier molecular flexibility index (Phi) is 3.53. The van der Waals surface area contributed by atoms with Crippen LogP contribution in [0.1, 0.15) is 37.5 Å². The molecule has 0 radical (unpaired) electrons. The molecule has 1 unspecified atom stereocenters. The lowest BCUT2D eigenvalue weighted by atomic mass is 9.87. The van der Waals surface area contributed by atoms with E-state index in [0.29, 0.717) is 16.4 Å². The topological polar surface area (TPSA) is 36.6 Å². The third kappa shape index (κ3) is 2.05. The number of furan rings is 1. The molecule has 1 heterocycles. The van der Waals surface area contributed by atoms with Gasteiger partial charge in [-0.3, -0.25) is 0 Å². The van der Waals surface area contributed by atoms with Gasteiger partial charge in [-0.25, -0.2) is 0 Å². The lowest BCUT2D eigenvalue weighted by molar-refractivity contribution is -0.0163. The maximum absolute atomic E-state index is 10.9. The van der Waals surface area contributed by atoms with Gasteiger partial charge >= 0.3 is 0 Å². The van der Waals surface area contributed by atoms with Crippen LogP contribution >= 0.6 is 11.6 Å². The molecule has 20 heavy (non-hydrogen) atoms. The van der Waals surface area contributed by atoms with Crippen LogP contribution in [0.4, 0.5) is 0 Å². The molecule has 1 N–H and O–H groups in total. The number of halogens is 1. The molecule has 4 heteroatoms. The van der Waals surface area contributed by atoms with Crippen LogP contribution in [0, 0.1) is 0 Å². The SMILES string of the molecule is CN(C)C1(C(O)c2cc3cccc(Cl)c3o2)CCCC1. The average molecular weight is 294 g/mol. The molecule has 3 nitrogen and oxygen atoms in total. The van der Waals surface area contributed by atoms with E-state index in [4.69, 9.17) is 16.0 Å². The van der Waals surface area contributed by atoms with E-state index in [0.717, 1.165) is 31.1 Å². The Hall–Kier alpha value is -1.03. The third-order valence-electron chi connectivity index (χ3n) is 4.65. The lowest BCUT2D eigenvalue weighted by Crippen LogP contribution is -2.46. The normalized spacial score (nSPS) is 19.9. The van der Waals surface area contributed by atoms with Crippen molar-refractivity contribution in [3.05, 3.63) is 35.0 Å². The van der Waals surface area contributed by atoms with E-state index in [-0.39, 0.29) is 5.54 Å². The second-order valence-electron chi connectivity index (χ2n) is 5.91. The molecule has 1 aromatic carbocycles. The van der Waals surface area contributed by atoms with Gasteiger partial charge in [0.25, 0.3) is 0 Å². The van der Waals surface area contributed by atoms with E-state index in [1.54, 1.807) is 6.07 Å². The summed E-state index contributed by atoms with van der Waals surface area (Å²) in [6, 6.07) is 7.57. The molecule has 1 aliphatic rings. The molecule has 2 aromatic rings. The minimum absolute atomic E-state index is 0.222. The largest absolute Gasteiger partial charge is 0.457 e. The van der Waals surface area contributed by atoms with Crippen LogP contribution in [0.2, 0.25) is 5.02 Å². The van der Waals surface area contributed by atoms with E-state index >= 15 is 0 Å². The van der Waals surface area contributed by atoms with Gasteiger partial charge in [-0.15, -0.1) is 0 Å². The molecule has 1 aromatic heterocycles. The summed E-state index contributed by atoms with van der Waals surface area (Å²) in [7, 11) is 4.06. The van der Waals surface area contributed by atoms with Crippen LogP contribution in [0.3, 0.4) is 0 Å². The van der Waals surface area contributed by atoms with Crippen molar-refractivity contribution in [3.8, 4) is 0 Å². The Bertz CT molecular complexity index is 614. The molecule has 0 amide bonds. The van der Waals surface area contributed by atoms with Crippen molar-refractivity contribution in [1.29, 1.82) is 0 Å². The number of rotatable bonds is 3. The summed E-state index contributed by atoms with van der Waals surface area (Å²) in [4.78, 5) is 2.14. The number of nitrogens with zero attached hydrogens (tertiary/aromatic N) is 1. The zero-order valence-corrected chi connectivity index (χ0v) is 12.7. The van der Waals surface area contributed by atoms with Gasteiger partial charge in [0.05, 0.1) is 10.6 Å². The van der Waals surface area contributed by atoms with Gasteiger partial charge < -0.3 is 14.4 Å². The second-order valence-corrected chi connectivity index (χ2v) is 6.32. The predicted octanol–water partition coefficient (Wildman–Crippen LogP) is 3.99. The highest BCUT2D eigenvalue weighted by Gasteiger charge is 2.44. The number of hydrogen-bond acceptors (Lipinski definition) is 3. The van der Waals surface area contributed by atoms with Crippen LogP contribution in [0.25, 0.3) is 11.0 Å². The molecule has 0 spiro atoms. The fraction of sp³-hybridized carbons (Fsp3) is 0.500. The van der Waals surface area contributed by atoms with Crippen molar-refractivity contribution >= 4 is 22.6 Å². The van der Waals surface area contributed by atoms with Crippen LogP contribution in [0.5, 0.6) is 0 Å². The summed E-state index contributed by atoms with van der Waals surface area (Å²) in [5.74, 6) is 0.615. The van der Waals surface area contributed by atoms with E-state index in [1.807, 2.05) is 32.3 Å². The van der Waals surface area contributed by atoms with Crippen molar-refractivity contribution in [2.24, 2.45) is 0 Å². The zero-order valence-electron chi connectivity index (χ0n) is 11.9. The zero-order chi connectivity index (χ0) is 14.3. The highest BCUT2D eigenvalue weighted by Crippen LogP contribution is 2.44. The van der Waals surface area contributed by atoms with E-state index in [9.17, 15) is 5.11 Å². The number of benzene rings is 1. The Morgan fingerprint density at radius 2 is 2.00 bits per heavy atom. The second kappa shape index (κ2) is 5.06. The Morgan fingerprint density at radius 3 is 2.60 bits per heavy atom. The minimum Gasteiger partial charge on any atom is -0.457 e. The molecule has 3 rings (SSSR count). The van der Waals surface area contributed by atoms with Crippen LogP contribution < -0.4 is 0 Å². The van der Waals surface area contributed by atoms with Gasteiger partial charge in [-0.2, -0.15) is 0 Å². The first-order chi connectivity index (χ1) is 9.54. The van der Waals surface area contributed by atoms with Crippen molar-refractivity contribution in [2.75, 3.05) is 14.1 Å². The fourth-order valence-corrected chi connectivity index (χ4v) is 3.62. The Morgan fingerprint density at radius 1 is 1.30 bits per heavy atom. The number of aliphatic hydroxyl groups is 1. The number of para-hydroxylation sites is 1. The van der Waals surface area contributed by atoms with Gasteiger partial charge in [0.2, 0.25) is 0 Å². The summed E-state index contributed by atoms with van der Waals surface area (Å²) < 4.78 is 5.84. The third-order valence-corrected chi connectivity index (χ3v) is 4.95. The monoisotopic (exact) mass is 293 g/mol. The van der Waals surface area contributed by atoms with E-state index in [2.05, 4.69) is 4.90 Å². The highest BCUT2D eigenvalue weighted by molar-refractivity contribution is 6.34. The fourth-order valence-electron chi connectivity index (χ4n) is 3.40. The maximum atomic E-state index is 10.9. The van der Waals surface area contributed by atoms with Gasteiger partial charge in [-0.1, -0.05) is 36.6 Å². The molecule has 1 saturated carbocycles. The van der Waals surface area contributed by atoms with E-state index < -0.39 is 6.10 Å². The van der Waals surface area contributed by atoms with Crippen molar-refractivity contribution < 1.29 is 9.52 Å². The quantitative estimate of drug-likeness (QED) is 0.929. The molecule has 1 atom stereocenters. The van der Waals surface area contributed by atoms with Gasteiger partial charge in [0.15, 0.2) is 5.58 Å². The standard InChI is InChI=1S/C16H20ClNO2/c1-18(2)16(8-3-4-9-16)15(19)13-10-11-6-5-7-12(17)14(11)20-13/h5-7,10,15,19H,3-4,8-9H2,1-2H3. The van der Waals surface area contributed by atoms with Crippen LogP contribution in [-0.2, 0) is 0 Å². The first kappa shape index (κ1) is 13.9. The summed E-state index contributed by atoms with van der Waals surface area (Å²) in [5.41, 5.74) is 0.440. The Labute approximate surface area is 124 Å². The first-order valence-electron chi connectivity index (χ1n) is 7.08. The smallest absolute Gasteiger partial charge is 0.152 e. The molecule has 1 fully saturated rings. The van der Waals surface area contributed by atoms with Gasteiger partial charge in [-0.05, 0) is 39.1 Å². The summed E-state index contributed by atoms with van der Waals surface area (Å²) >= 11 is 6.15. The van der Waals surface area contributed by atoms with Crippen LogP contribution in [-0.4, -0.2) is 29.6 Å². The predicted molar refractivity (Wildman–Crippen MR) is 81.1 cm³/mol. The summed E-state index contributed by atoms with van der Waals surface area (Å²) in [5, 5.41) is 12.4. The number of hydrogen-bond donors (Lipinski definition) is 1. The molecule has 108 valence electrons. The molecule has 0 bridgehead atoms. The van der Waals surface area contributed by atoms with E-state index in [1.165, 1.54) is 0 Å². The lowest BCUT2D eigenvalue weighted by Gasteiger charge is -2.39. The Balaban J connectivity index is 2.03. The number of likely N-dealkylation sites (N-methyl/N-ethyl adjacent to an activating group) is 1. The van der Waals surface area contributed by atoms with Gasteiger partial charge in [0.1, 0.15) is 11.9 Å². The molecule has 1 aliphatic carbocycles. The van der Waals surface area contributed by atoms with Crippen LogP contribution in [0.15, 0.2) is 28.7 Å². The van der Waals surface area contributed by atoms with Crippen molar-refractivity contribution in [3.63, 3.8) is 0 Å². The average Bonchev–Trinajstić information content (AvgIpc) is 3.06. The maximum Gasteiger partial charge on any atom is 0.152 e.